The zero-order valence-electron chi connectivity index (χ0n) is 8.81. The van der Waals surface area contributed by atoms with Crippen LogP contribution in [0, 0.1) is 5.92 Å². The Balaban J connectivity index is 2.13. The third kappa shape index (κ3) is 3.90. The Bertz CT molecular complexity index is 159. The predicted octanol–water partition coefficient (Wildman–Crippen LogP) is 2.13. The average Bonchev–Trinajstić information content (AvgIpc) is 2.15. The summed E-state index contributed by atoms with van der Waals surface area (Å²) in [6, 6.07) is 0.608. The SMILES string of the molecule is CC(C)C(=O)CNC1CCCCC1. The minimum Gasteiger partial charge on any atom is -0.307 e. The molecule has 0 heterocycles. The fourth-order valence-corrected chi connectivity index (χ4v) is 1.76. The lowest BCUT2D eigenvalue weighted by Crippen LogP contribution is -2.36. The van der Waals surface area contributed by atoms with Crippen LogP contribution in [-0.2, 0) is 4.79 Å². The molecule has 0 unspecified atom stereocenters. The maximum absolute atomic E-state index is 11.3. The molecule has 0 aromatic carbocycles. The highest BCUT2D eigenvalue weighted by atomic mass is 16.1. The summed E-state index contributed by atoms with van der Waals surface area (Å²) < 4.78 is 0. The summed E-state index contributed by atoms with van der Waals surface area (Å²) in [6.45, 7) is 4.50. The molecular formula is C11H21NO. The molecule has 0 amide bonds. The first-order valence-corrected chi connectivity index (χ1v) is 5.46. The van der Waals surface area contributed by atoms with E-state index in [4.69, 9.17) is 0 Å². The summed E-state index contributed by atoms with van der Waals surface area (Å²) in [5, 5.41) is 3.35. The number of rotatable bonds is 4. The number of hydrogen-bond acceptors (Lipinski definition) is 2. The van der Waals surface area contributed by atoms with Crippen LogP contribution in [0.3, 0.4) is 0 Å². The van der Waals surface area contributed by atoms with Gasteiger partial charge in [0.05, 0.1) is 6.54 Å². The first-order chi connectivity index (χ1) is 6.20. The van der Waals surface area contributed by atoms with Crippen LogP contribution in [0.1, 0.15) is 46.0 Å². The summed E-state index contributed by atoms with van der Waals surface area (Å²) in [4.78, 5) is 11.3. The van der Waals surface area contributed by atoms with Gasteiger partial charge in [-0.1, -0.05) is 33.1 Å². The lowest BCUT2D eigenvalue weighted by Gasteiger charge is -2.22. The summed E-state index contributed by atoms with van der Waals surface area (Å²) in [7, 11) is 0. The highest BCUT2D eigenvalue weighted by Crippen LogP contribution is 2.17. The molecule has 0 saturated heterocycles. The van der Waals surface area contributed by atoms with E-state index < -0.39 is 0 Å². The molecule has 1 rings (SSSR count). The standard InChI is InChI=1S/C11H21NO/c1-9(2)11(13)8-12-10-6-4-3-5-7-10/h9-10,12H,3-8H2,1-2H3. The van der Waals surface area contributed by atoms with Gasteiger partial charge in [0.2, 0.25) is 0 Å². The number of nitrogens with one attached hydrogen (secondary N) is 1. The molecule has 76 valence electrons. The minimum atomic E-state index is 0.177. The van der Waals surface area contributed by atoms with Gasteiger partial charge >= 0.3 is 0 Å². The van der Waals surface area contributed by atoms with E-state index >= 15 is 0 Å². The van der Waals surface area contributed by atoms with Gasteiger partial charge in [-0.05, 0) is 12.8 Å². The summed E-state index contributed by atoms with van der Waals surface area (Å²) >= 11 is 0. The van der Waals surface area contributed by atoms with Crippen molar-refractivity contribution in [1.29, 1.82) is 0 Å². The van der Waals surface area contributed by atoms with Crippen molar-refractivity contribution in [2.24, 2.45) is 5.92 Å². The Morgan fingerprint density at radius 3 is 2.46 bits per heavy atom. The number of hydrogen-bond donors (Lipinski definition) is 1. The molecule has 1 saturated carbocycles. The molecule has 1 N–H and O–H groups in total. The van der Waals surface area contributed by atoms with E-state index in [9.17, 15) is 4.79 Å². The van der Waals surface area contributed by atoms with Gasteiger partial charge in [-0.2, -0.15) is 0 Å². The monoisotopic (exact) mass is 183 g/mol. The summed E-state index contributed by atoms with van der Waals surface area (Å²) in [5.41, 5.74) is 0. The van der Waals surface area contributed by atoms with Gasteiger partial charge < -0.3 is 5.32 Å². The molecule has 0 aliphatic heterocycles. The Hall–Kier alpha value is -0.370. The molecule has 0 bridgehead atoms. The van der Waals surface area contributed by atoms with E-state index in [1.807, 2.05) is 13.8 Å². The van der Waals surface area contributed by atoms with E-state index in [0.717, 1.165) is 0 Å². The normalized spacial score (nSPS) is 19.3. The third-order valence-electron chi connectivity index (χ3n) is 2.81. The van der Waals surface area contributed by atoms with Crippen molar-refractivity contribution < 1.29 is 4.79 Å². The number of ketones is 1. The Kier molecular flexibility index (Phi) is 4.43. The van der Waals surface area contributed by atoms with Crippen LogP contribution < -0.4 is 5.32 Å². The van der Waals surface area contributed by atoms with Crippen molar-refractivity contribution in [2.75, 3.05) is 6.54 Å². The first-order valence-electron chi connectivity index (χ1n) is 5.46. The van der Waals surface area contributed by atoms with Crippen molar-refractivity contribution in [1.82, 2.24) is 5.32 Å². The van der Waals surface area contributed by atoms with Crippen LogP contribution in [0.5, 0.6) is 0 Å². The van der Waals surface area contributed by atoms with Crippen molar-refractivity contribution in [3.8, 4) is 0 Å². The number of Topliss-reactive ketones (excluding diaryl/α,β-unsaturated/α-hetero) is 1. The van der Waals surface area contributed by atoms with Gasteiger partial charge in [0.25, 0.3) is 0 Å². The Labute approximate surface area is 81.1 Å². The topological polar surface area (TPSA) is 29.1 Å². The lowest BCUT2D eigenvalue weighted by molar-refractivity contribution is -0.121. The van der Waals surface area contributed by atoms with Gasteiger partial charge in [-0.15, -0.1) is 0 Å². The van der Waals surface area contributed by atoms with Gasteiger partial charge in [-0.25, -0.2) is 0 Å². The van der Waals surface area contributed by atoms with Crippen LogP contribution >= 0.6 is 0 Å². The van der Waals surface area contributed by atoms with Crippen LogP contribution in [-0.4, -0.2) is 18.4 Å². The molecule has 1 aliphatic rings. The molecule has 0 aromatic rings. The molecule has 0 aromatic heterocycles. The van der Waals surface area contributed by atoms with E-state index in [1.54, 1.807) is 0 Å². The molecule has 0 atom stereocenters. The zero-order valence-corrected chi connectivity index (χ0v) is 8.81. The summed E-state index contributed by atoms with van der Waals surface area (Å²) in [5.74, 6) is 0.515. The second kappa shape index (κ2) is 5.38. The largest absolute Gasteiger partial charge is 0.307 e. The minimum absolute atomic E-state index is 0.177. The molecule has 13 heavy (non-hydrogen) atoms. The van der Waals surface area contributed by atoms with Crippen molar-refractivity contribution >= 4 is 5.78 Å². The molecule has 0 radical (unpaired) electrons. The molecule has 1 aliphatic carbocycles. The van der Waals surface area contributed by atoms with E-state index in [2.05, 4.69) is 5.32 Å². The van der Waals surface area contributed by atoms with Crippen molar-refractivity contribution in [3.05, 3.63) is 0 Å². The molecule has 2 heteroatoms. The van der Waals surface area contributed by atoms with E-state index in [1.165, 1.54) is 32.1 Å². The van der Waals surface area contributed by atoms with Crippen LogP contribution in [0.25, 0.3) is 0 Å². The molecule has 0 spiro atoms. The number of carbonyl (C=O) groups excluding carboxylic acids is 1. The van der Waals surface area contributed by atoms with Gasteiger partial charge in [0.15, 0.2) is 0 Å². The third-order valence-corrected chi connectivity index (χ3v) is 2.81. The van der Waals surface area contributed by atoms with Gasteiger partial charge in [-0.3, -0.25) is 4.79 Å². The second-order valence-electron chi connectivity index (χ2n) is 4.34. The number of carbonyl (C=O) groups is 1. The van der Waals surface area contributed by atoms with Crippen molar-refractivity contribution in [3.63, 3.8) is 0 Å². The Morgan fingerprint density at radius 1 is 1.31 bits per heavy atom. The fraction of sp³-hybridized carbons (Fsp3) is 0.909. The second-order valence-corrected chi connectivity index (χ2v) is 4.34. The van der Waals surface area contributed by atoms with Crippen LogP contribution in [0.2, 0.25) is 0 Å². The molecular weight excluding hydrogens is 162 g/mol. The average molecular weight is 183 g/mol. The smallest absolute Gasteiger partial charge is 0.149 e. The fourth-order valence-electron chi connectivity index (χ4n) is 1.76. The maximum atomic E-state index is 11.3. The highest BCUT2D eigenvalue weighted by Gasteiger charge is 2.14. The zero-order chi connectivity index (χ0) is 9.68. The maximum Gasteiger partial charge on any atom is 0.149 e. The van der Waals surface area contributed by atoms with Crippen molar-refractivity contribution in [2.45, 2.75) is 52.0 Å². The van der Waals surface area contributed by atoms with E-state index in [-0.39, 0.29) is 5.92 Å². The lowest BCUT2D eigenvalue weighted by atomic mass is 9.95. The summed E-state index contributed by atoms with van der Waals surface area (Å²) in [6.07, 6.45) is 6.54. The molecule has 1 fully saturated rings. The quantitative estimate of drug-likeness (QED) is 0.723. The van der Waals surface area contributed by atoms with Gasteiger partial charge in [0, 0.05) is 12.0 Å². The molecule has 2 nitrogen and oxygen atoms in total. The predicted molar refractivity (Wildman–Crippen MR) is 54.7 cm³/mol. The van der Waals surface area contributed by atoms with Crippen LogP contribution in [0.15, 0.2) is 0 Å². The Morgan fingerprint density at radius 2 is 1.92 bits per heavy atom. The van der Waals surface area contributed by atoms with Crippen LogP contribution in [0.4, 0.5) is 0 Å². The first kappa shape index (κ1) is 10.7. The van der Waals surface area contributed by atoms with E-state index in [0.29, 0.717) is 18.4 Å². The highest BCUT2D eigenvalue weighted by molar-refractivity contribution is 5.82. The van der Waals surface area contributed by atoms with Gasteiger partial charge in [0.1, 0.15) is 5.78 Å².